The number of rotatable bonds is 8. The topological polar surface area (TPSA) is 16.3 Å². The molecule has 0 N–H and O–H groups in total. The van der Waals surface area contributed by atoms with Crippen molar-refractivity contribution in [1.82, 2.24) is 9.13 Å². The quantitative estimate of drug-likeness (QED) is 0.111. The minimum atomic E-state index is 0.0226. The molecule has 0 saturated carbocycles. The summed E-state index contributed by atoms with van der Waals surface area (Å²) in [6, 6.07) is 57.7. The van der Waals surface area contributed by atoms with Crippen molar-refractivity contribution in [2.24, 2.45) is 23.7 Å². The number of hydrogen-bond donors (Lipinski definition) is 0. The first-order chi connectivity index (χ1) is 41.6. The lowest BCUT2D eigenvalue weighted by Gasteiger charge is -2.53. The van der Waals surface area contributed by atoms with Crippen LogP contribution in [0.4, 0.5) is 22.7 Å². The first kappa shape index (κ1) is 50.7. The smallest absolute Gasteiger partial charge is 0.252 e. The van der Waals surface area contributed by atoms with Gasteiger partial charge >= 0.3 is 0 Å². The second-order valence-corrected chi connectivity index (χ2v) is 26.3. The van der Waals surface area contributed by atoms with Crippen LogP contribution in [0, 0.1) is 30.6 Å². The van der Waals surface area contributed by atoms with Crippen molar-refractivity contribution in [2.45, 2.75) is 135 Å². The molecule has 8 aliphatic rings. The normalized spacial score (nSPS) is 24.0. The third-order valence-electron chi connectivity index (χ3n) is 21.7. The van der Waals surface area contributed by atoms with Gasteiger partial charge in [0.05, 0.1) is 34.2 Å². The van der Waals surface area contributed by atoms with Crippen molar-refractivity contribution >= 4 is 89.5 Å². The van der Waals surface area contributed by atoms with Gasteiger partial charge < -0.3 is 18.9 Å². The Kier molecular flexibility index (Phi) is 12.6. The number of aryl methyl sites for hydroxylation is 1. The molecule has 2 aliphatic heterocycles. The summed E-state index contributed by atoms with van der Waals surface area (Å²) in [7, 11) is 0. The summed E-state index contributed by atoms with van der Waals surface area (Å²) < 4.78 is 5.16. The first-order valence-electron chi connectivity index (χ1n) is 32.7. The largest absolute Gasteiger partial charge is 0.334 e. The van der Waals surface area contributed by atoms with Gasteiger partial charge in [-0.25, -0.2) is 0 Å². The third-order valence-corrected chi connectivity index (χ3v) is 21.7. The molecule has 0 amide bonds. The third kappa shape index (κ3) is 8.06. The molecular weight excluding hydrogens is 1020 g/mol. The highest BCUT2D eigenvalue weighted by Gasteiger charge is 2.50. The number of anilines is 4. The number of fused-ring (bicyclic) bond motifs is 10. The lowest BCUT2D eigenvalue weighted by molar-refractivity contribution is 0.391. The summed E-state index contributed by atoms with van der Waals surface area (Å²) in [5.74, 6) is 1.91. The van der Waals surface area contributed by atoms with Crippen molar-refractivity contribution in [3.05, 3.63) is 222 Å². The molecule has 0 spiro atoms. The standard InChI is InChI=1S/C79H77BN4/c1-52-48-75-77-76(49-52)84(79-61(55-28-10-4-11-29-55)38-23-39-62(79)56-30-12-5-13-31-56)74-51-58(82-71-42-20-16-34-65(71)66-35-17-21-43-72(66)82)45-47-68(74)80(77)67-46-44-57(81-69-40-18-14-32-63(69)64-33-15-19-41-70(64)81)50-73(67)83(75)78-59(53-24-6-2-7-25-53)36-22-37-60(78)54-26-8-3-9-27-54/h2,4,6,10,14-21,26,30,32-36,38,40-51,53,55,60,62,78-79H,3,5,7-9,11-13,22-25,27-29,31,37,39H2,1H3. The van der Waals surface area contributed by atoms with E-state index in [4.69, 9.17) is 0 Å². The van der Waals surface area contributed by atoms with E-state index in [1.54, 1.807) is 22.3 Å². The average Bonchev–Trinajstić information content (AvgIpc) is 1.90. The maximum Gasteiger partial charge on any atom is 0.252 e. The molecule has 6 aliphatic carbocycles. The molecule has 6 atom stereocenters. The van der Waals surface area contributed by atoms with Crippen LogP contribution in [0.15, 0.2) is 216 Å². The summed E-state index contributed by atoms with van der Waals surface area (Å²) in [5.41, 5.74) is 25.8. The molecule has 7 aromatic carbocycles. The van der Waals surface area contributed by atoms with Gasteiger partial charge in [-0.15, -0.1) is 0 Å². The fourth-order valence-corrected chi connectivity index (χ4v) is 18.2. The molecule has 17 rings (SSSR count). The van der Waals surface area contributed by atoms with E-state index in [1.807, 2.05) is 0 Å². The molecule has 0 bridgehead atoms. The number of aromatic nitrogens is 2. The van der Waals surface area contributed by atoms with Crippen LogP contribution in [0.1, 0.15) is 121 Å². The van der Waals surface area contributed by atoms with Crippen molar-refractivity contribution in [3.8, 4) is 11.4 Å². The highest BCUT2D eigenvalue weighted by molar-refractivity contribution is 7.00. The van der Waals surface area contributed by atoms with Crippen molar-refractivity contribution in [1.29, 1.82) is 0 Å². The van der Waals surface area contributed by atoms with Crippen LogP contribution in [0.2, 0.25) is 0 Å². The number of hydrogen-bond acceptors (Lipinski definition) is 2. The van der Waals surface area contributed by atoms with Gasteiger partial charge in [-0.1, -0.05) is 145 Å². The zero-order chi connectivity index (χ0) is 55.4. The van der Waals surface area contributed by atoms with Gasteiger partial charge in [-0.2, -0.15) is 0 Å². The maximum atomic E-state index is 3.03. The molecule has 0 fully saturated rings. The van der Waals surface area contributed by atoms with Crippen LogP contribution >= 0.6 is 0 Å². The summed E-state index contributed by atoms with van der Waals surface area (Å²) in [6.45, 7) is 2.46. The molecule has 0 radical (unpaired) electrons. The Morgan fingerprint density at radius 1 is 0.393 bits per heavy atom. The van der Waals surface area contributed by atoms with Gasteiger partial charge in [0.1, 0.15) is 0 Å². The molecule has 84 heavy (non-hydrogen) atoms. The number of benzene rings is 7. The Hall–Kier alpha value is -7.76. The number of para-hydroxylation sites is 4. The zero-order valence-corrected chi connectivity index (χ0v) is 49.0. The molecule has 2 aromatic heterocycles. The molecule has 0 saturated heterocycles. The highest BCUT2D eigenvalue weighted by Crippen LogP contribution is 2.53. The van der Waals surface area contributed by atoms with Crippen LogP contribution < -0.4 is 26.2 Å². The van der Waals surface area contributed by atoms with Crippen molar-refractivity contribution in [3.63, 3.8) is 0 Å². The van der Waals surface area contributed by atoms with E-state index in [2.05, 4.69) is 220 Å². The van der Waals surface area contributed by atoms with Gasteiger partial charge in [0.15, 0.2) is 0 Å². The Morgan fingerprint density at radius 2 is 0.821 bits per heavy atom. The fraction of sp³-hybridized carbons (Fsp3) is 0.316. The minimum absolute atomic E-state index is 0.0226. The van der Waals surface area contributed by atoms with Gasteiger partial charge in [-0.05, 0) is 228 Å². The van der Waals surface area contributed by atoms with Gasteiger partial charge in [0.2, 0.25) is 0 Å². The summed E-state index contributed by atoms with van der Waals surface area (Å²) >= 11 is 0. The fourth-order valence-electron chi connectivity index (χ4n) is 18.2. The lowest BCUT2D eigenvalue weighted by Crippen LogP contribution is -2.65. The summed E-state index contributed by atoms with van der Waals surface area (Å²) in [4.78, 5) is 6.05. The van der Waals surface area contributed by atoms with Crippen LogP contribution in [0.25, 0.3) is 55.0 Å². The van der Waals surface area contributed by atoms with E-state index >= 15 is 0 Å². The molecule has 4 nitrogen and oxygen atoms in total. The second kappa shape index (κ2) is 20.8. The Morgan fingerprint density at radius 3 is 1.21 bits per heavy atom. The van der Waals surface area contributed by atoms with Crippen LogP contribution in [-0.4, -0.2) is 27.9 Å². The highest BCUT2D eigenvalue weighted by atomic mass is 15.2. The lowest BCUT2D eigenvalue weighted by atomic mass is 9.33. The van der Waals surface area contributed by atoms with Crippen molar-refractivity contribution < 1.29 is 0 Å². The number of nitrogens with zero attached hydrogens (tertiary/aromatic N) is 4. The maximum absolute atomic E-state index is 3.03. The second-order valence-electron chi connectivity index (χ2n) is 26.3. The Balaban J connectivity index is 0.970. The summed E-state index contributed by atoms with van der Waals surface area (Å²) in [6.07, 6.45) is 42.7. The van der Waals surface area contributed by atoms with Crippen LogP contribution in [0.5, 0.6) is 0 Å². The van der Waals surface area contributed by atoms with Crippen molar-refractivity contribution in [2.75, 3.05) is 9.80 Å². The first-order valence-corrected chi connectivity index (χ1v) is 32.7. The van der Waals surface area contributed by atoms with E-state index < -0.39 is 0 Å². The molecule has 5 heteroatoms. The molecule has 416 valence electrons. The monoisotopic (exact) mass is 1090 g/mol. The van der Waals surface area contributed by atoms with Gasteiger partial charge in [-0.3, -0.25) is 0 Å². The van der Waals surface area contributed by atoms with Crippen LogP contribution in [-0.2, 0) is 0 Å². The van der Waals surface area contributed by atoms with E-state index in [0.717, 1.165) is 38.5 Å². The van der Waals surface area contributed by atoms with E-state index in [9.17, 15) is 0 Å². The van der Waals surface area contributed by atoms with Crippen LogP contribution in [0.3, 0.4) is 0 Å². The van der Waals surface area contributed by atoms with E-state index in [-0.39, 0.29) is 18.8 Å². The molecule has 9 aromatic rings. The number of allylic oxidation sites excluding steroid dienone is 8. The predicted molar refractivity (Wildman–Crippen MR) is 357 cm³/mol. The SMILES string of the molecule is Cc1cc2c3c(c1)N(C1C(C4CC=CCC4)=CCCC1C1=CCCCC1)c1cc(-n4c5ccccc5c5ccccc54)ccc1B3c1ccc(-n3c4ccccc4c4ccccc43)cc1N2C1C(C2CC=CCC2)=CCCC1C1=CCCCC1. The molecular formula is C79H77BN4. The van der Waals surface area contributed by atoms with Gasteiger partial charge in [0.25, 0.3) is 6.71 Å². The van der Waals surface area contributed by atoms with E-state index in [0.29, 0.717) is 23.7 Å². The average molecular weight is 1090 g/mol. The Bertz CT molecular complexity index is 3940. The van der Waals surface area contributed by atoms with Gasteiger partial charge in [0, 0.05) is 67.5 Å². The molecule has 6 unspecified atom stereocenters. The zero-order valence-electron chi connectivity index (χ0n) is 49.0. The minimum Gasteiger partial charge on any atom is -0.334 e. The Labute approximate surface area is 497 Å². The van der Waals surface area contributed by atoms with E-state index in [1.165, 1.54) is 177 Å². The summed E-state index contributed by atoms with van der Waals surface area (Å²) in [5, 5.41) is 5.24. The predicted octanol–water partition coefficient (Wildman–Crippen LogP) is 18.7. The molecule has 4 heterocycles.